The third kappa shape index (κ3) is 18.6. The lowest BCUT2D eigenvalue weighted by Gasteiger charge is -2.11. The predicted octanol–water partition coefficient (Wildman–Crippen LogP) is 0.784. The Hall–Kier alpha value is 0.520. The van der Waals surface area contributed by atoms with Crippen LogP contribution in [0.1, 0.15) is 71.1 Å². The second kappa shape index (κ2) is 21.5. The van der Waals surface area contributed by atoms with Crippen LogP contribution in [0.5, 0.6) is 0 Å². The van der Waals surface area contributed by atoms with Crippen molar-refractivity contribution in [2.45, 2.75) is 77.4 Å². The van der Waals surface area contributed by atoms with Crippen molar-refractivity contribution < 1.29 is 27.2 Å². The lowest BCUT2D eigenvalue weighted by atomic mass is 10.1. The van der Waals surface area contributed by atoms with Gasteiger partial charge in [-0.15, -0.1) is 11.8 Å². The van der Waals surface area contributed by atoms with Gasteiger partial charge in [0.1, 0.15) is 12.4 Å². The third-order valence-electron chi connectivity index (χ3n) is 3.76. The fourth-order valence-corrected chi connectivity index (χ4v) is 3.23. The maximum absolute atomic E-state index is 5.15. The SMILES string of the molecule is CCCCCCCCCCCCSC[NH2+]CC(OC)OC.[Cl-]. The van der Waals surface area contributed by atoms with Crippen molar-refractivity contribution in [2.24, 2.45) is 0 Å². The van der Waals surface area contributed by atoms with Crippen molar-refractivity contribution in [3.63, 3.8) is 0 Å². The van der Waals surface area contributed by atoms with Crippen molar-refractivity contribution in [3.8, 4) is 0 Å². The van der Waals surface area contributed by atoms with E-state index in [0.717, 1.165) is 12.4 Å². The molecule has 0 aliphatic rings. The highest BCUT2D eigenvalue weighted by molar-refractivity contribution is 7.99. The molecule has 0 aromatic heterocycles. The van der Waals surface area contributed by atoms with Crippen LogP contribution in [-0.2, 0) is 9.47 Å². The monoisotopic (exact) mass is 355 g/mol. The minimum Gasteiger partial charge on any atom is -1.00 e. The van der Waals surface area contributed by atoms with Crippen LogP contribution in [-0.4, -0.2) is 38.7 Å². The summed E-state index contributed by atoms with van der Waals surface area (Å²) in [6, 6.07) is 0. The van der Waals surface area contributed by atoms with Crippen LogP contribution >= 0.6 is 11.8 Å². The first-order chi connectivity index (χ1) is 10.3. The minimum absolute atomic E-state index is 0. The number of hydrogen-bond donors (Lipinski definition) is 1. The highest BCUT2D eigenvalue weighted by Crippen LogP contribution is 2.11. The Morgan fingerprint density at radius 1 is 0.818 bits per heavy atom. The summed E-state index contributed by atoms with van der Waals surface area (Å²) >= 11 is 2.03. The molecule has 0 aromatic rings. The molecule has 0 saturated carbocycles. The third-order valence-corrected chi connectivity index (χ3v) is 4.81. The summed E-state index contributed by atoms with van der Waals surface area (Å²) < 4.78 is 10.3. The Morgan fingerprint density at radius 2 is 1.32 bits per heavy atom. The zero-order valence-corrected chi connectivity index (χ0v) is 16.5. The van der Waals surface area contributed by atoms with E-state index in [4.69, 9.17) is 9.47 Å². The van der Waals surface area contributed by atoms with Gasteiger partial charge in [-0.2, -0.15) is 0 Å². The van der Waals surface area contributed by atoms with Gasteiger partial charge in [-0.25, -0.2) is 0 Å². The molecule has 0 bridgehead atoms. The minimum atomic E-state index is -0.0667. The molecule has 0 amide bonds. The number of halogens is 1. The standard InChI is InChI=1S/C17H37NO2S.ClH/c1-4-5-6-7-8-9-10-11-12-13-14-21-16-18-15-17(19-2)20-3;/h17-18H,4-16H2,1-3H3;1H. The molecule has 0 atom stereocenters. The van der Waals surface area contributed by atoms with E-state index in [2.05, 4.69) is 12.2 Å². The van der Waals surface area contributed by atoms with E-state index in [1.807, 2.05) is 11.8 Å². The maximum Gasteiger partial charge on any atom is 0.206 e. The van der Waals surface area contributed by atoms with Gasteiger partial charge in [-0.3, -0.25) is 0 Å². The number of unbranched alkanes of at least 4 members (excludes halogenated alkanes) is 9. The normalized spacial score (nSPS) is 10.9. The van der Waals surface area contributed by atoms with Crippen LogP contribution in [0, 0.1) is 0 Å². The topological polar surface area (TPSA) is 35.1 Å². The first-order valence-corrected chi connectivity index (χ1v) is 9.95. The van der Waals surface area contributed by atoms with Crippen LogP contribution in [0.4, 0.5) is 0 Å². The smallest absolute Gasteiger partial charge is 0.206 e. The molecule has 0 fully saturated rings. The average Bonchev–Trinajstić information content (AvgIpc) is 2.51. The molecule has 0 aliphatic heterocycles. The van der Waals surface area contributed by atoms with Crippen molar-refractivity contribution in [3.05, 3.63) is 0 Å². The molecule has 2 N–H and O–H groups in total. The predicted molar refractivity (Wildman–Crippen MR) is 93.8 cm³/mol. The molecule has 3 nitrogen and oxygen atoms in total. The number of thioether (sulfide) groups is 1. The fourth-order valence-electron chi connectivity index (χ4n) is 2.35. The van der Waals surface area contributed by atoms with Gasteiger partial charge >= 0.3 is 0 Å². The summed E-state index contributed by atoms with van der Waals surface area (Å²) in [4.78, 5) is 0. The first-order valence-electron chi connectivity index (χ1n) is 8.80. The zero-order chi connectivity index (χ0) is 15.6. The summed E-state index contributed by atoms with van der Waals surface area (Å²) in [6.07, 6.45) is 14.1. The Bertz CT molecular complexity index is 195. The summed E-state index contributed by atoms with van der Waals surface area (Å²) in [5, 5.41) is 2.26. The van der Waals surface area contributed by atoms with Gasteiger partial charge in [-0.1, -0.05) is 64.7 Å². The number of ether oxygens (including phenoxy) is 2. The maximum atomic E-state index is 5.15. The molecular weight excluding hydrogens is 318 g/mol. The lowest BCUT2D eigenvalue weighted by molar-refractivity contribution is -0.650. The van der Waals surface area contributed by atoms with E-state index >= 15 is 0 Å². The van der Waals surface area contributed by atoms with E-state index in [-0.39, 0.29) is 18.7 Å². The first kappa shape index (κ1) is 24.8. The van der Waals surface area contributed by atoms with Crippen molar-refractivity contribution >= 4 is 11.8 Å². The van der Waals surface area contributed by atoms with Crippen LogP contribution < -0.4 is 17.7 Å². The summed E-state index contributed by atoms with van der Waals surface area (Å²) in [5.74, 6) is 2.40. The highest BCUT2D eigenvalue weighted by Gasteiger charge is 2.05. The Balaban J connectivity index is 0. The second-order valence-electron chi connectivity index (χ2n) is 5.68. The molecular formula is C17H38ClNO2S. The number of hydrogen-bond acceptors (Lipinski definition) is 3. The van der Waals surface area contributed by atoms with Crippen LogP contribution in [0.25, 0.3) is 0 Å². The Labute approximate surface area is 149 Å². The Kier molecular flexibility index (Phi) is 24.2. The van der Waals surface area contributed by atoms with E-state index in [9.17, 15) is 0 Å². The lowest BCUT2D eigenvalue weighted by Crippen LogP contribution is -3.00. The van der Waals surface area contributed by atoms with E-state index in [1.165, 1.54) is 70.0 Å². The molecule has 0 spiro atoms. The number of rotatable bonds is 17. The molecule has 5 heteroatoms. The average molecular weight is 356 g/mol. The molecule has 0 radical (unpaired) electrons. The van der Waals surface area contributed by atoms with Crippen LogP contribution in [0.3, 0.4) is 0 Å². The molecule has 136 valence electrons. The molecule has 0 unspecified atom stereocenters. The van der Waals surface area contributed by atoms with Crippen molar-refractivity contribution in [2.75, 3.05) is 32.4 Å². The molecule has 0 saturated heterocycles. The van der Waals surface area contributed by atoms with E-state index < -0.39 is 0 Å². The molecule has 22 heavy (non-hydrogen) atoms. The van der Waals surface area contributed by atoms with Gasteiger partial charge in [0.05, 0.1) is 0 Å². The van der Waals surface area contributed by atoms with Gasteiger partial charge in [-0.05, 0) is 12.2 Å². The van der Waals surface area contributed by atoms with Crippen molar-refractivity contribution in [1.82, 2.24) is 0 Å². The van der Waals surface area contributed by atoms with Gasteiger partial charge < -0.3 is 27.2 Å². The van der Waals surface area contributed by atoms with Gasteiger partial charge in [0, 0.05) is 14.2 Å². The number of methoxy groups -OCH3 is 2. The zero-order valence-electron chi connectivity index (χ0n) is 14.9. The van der Waals surface area contributed by atoms with Gasteiger partial charge in [0.2, 0.25) is 6.29 Å². The molecule has 0 aromatic carbocycles. The summed E-state index contributed by atoms with van der Waals surface area (Å²) in [5.41, 5.74) is 0. The highest BCUT2D eigenvalue weighted by atomic mass is 35.5. The second-order valence-corrected chi connectivity index (χ2v) is 6.83. The van der Waals surface area contributed by atoms with Crippen LogP contribution in [0.2, 0.25) is 0 Å². The van der Waals surface area contributed by atoms with E-state index in [1.54, 1.807) is 14.2 Å². The van der Waals surface area contributed by atoms with Gasteiger partial charge in [0.15, 0.2) is 0 Å². The summed E-state index contributed by atoms with van der Waals surface area (Å²) in [6.45, 7) is 3.17. The Morgan fingerprint density at radius 3 is 1.82 bits per heavy atom. The number of nitrogens with two attached hydrogens (primary N) is 1. The van der Waals surface area contributed by atoms with Crippen LogP contribution in [0.15, 0.2) is 0 Å². The number of quaternary nitrogens is 1. The van der Waals surface area contributed by atoms with Crippen molar-refractivity contribution in [1.29, 1.82) is 0 Å². The molecule has 0 heterocycles. The largest absolute Gasteiger partial charge is 1.00 e. The van der Waals surface area contributed by atoms with Gasteiger partial charge in [0.25, 0.3) is 0 Å². The van der Waals surface area contributed by atoms with E-state index in [0.29, 0.717) is 0 Å². The summed E-state index contributed by atoms with van der Waals surface area (Å²) in [7, 11) is 3.39. The quantitative estimate of drug-likeness (QED) is 0.309. The molecule has 0 rings (SSSR count). The fraction of sp³-hybridized carbons (Fsp3) is 1.00. The molecule has 0 aliphatic carbocycles.